The maximum Gasteiger partial charge on any atom is 0.263 e. The molecule has 0 aliphatic carbocycles. The van der Waals surface area contributed by atoms with Crippen LogP contribution in [0.1, 0.15) is 6.92 Å². The first-order valence-electron chi connectivity index (χ1n) is 9.99. The van der Waals surface area contributed by atoms with E-state index in [0.717, 1.165) is 10.6 Å². The molecule has 0 aliphatic rings. The molecular formula is C22H24N4O6S2. The van der Waals surface area contributed by atoms with Crippen LogP contribution in [0, 0.1) is 0 Å². The Bertz CT molecular complexity index is 1340. The molecule has 34 heavy (non-hydrogen) atoms. The summed E-state index contributed by atoms with van der Waals surface area (Å²) in [5, 5.41) is 2.62. The molecule has 1 aromatic heterocycles. The zero-order chi connectivity index (χ0) is 24.9. The minimum absolute atomic E-state index is 0.0276. The monoisotopic (exact) mass is 504 g/mol. The first kappa shape index (κ1) is 25.0. The van der Waals surface area contributed by atoms with Crippen molar-refractivity contribution in [1.29, 1.82) is 0 Å². The minimum Gasteiger partial charge on any atom is -0.497 e. The summed E-state index contributed by atoms with van der Waals surface area (Å²) in [7, 11) is -6.17. The fraction of sp³-hybridized carbons (Fsp3) is 0.182. The van der Waals surface area contributed by atoms with Gasteiger partial charge >= 0.3 is 0 Å². The highest BCUT2D eigenvalue weighted by Crippen LogP contribution is 2.25. The van der Waals surface area contributed by atoms with Gasteiger partial charge in [0, 0.05) is 11.9 Å². The van der Waals surface area contributed by atoms with Crippen molar-refractivity contribution in [3.05, 3.63) is 72.9 Å². The second-order valence-electron chi connectivity index (χ2n) is 7.27. The van der Waals surface area contributed by atoms with Crippen LogP contribution >= 0.6 is 0 Å². The third-order valence-corrected chi connectivity index (χ3v) is 7.36. The van der Waals surface area contributed by atoms with E-state index in [1.807, 2.05) is 0 Å². The summed E-state index contributed by atoms with van der Waals surface area (Å²) in [6, 6.07) is 15.5. The third kappa shape index (κ3) is 6.02. The summed E-state index contributed by atoms with van der Waals surface area (Å²) in [5.41, 5.74) is 0.602. The fourth-order valence-corrected chi connectivity index (χ4v) is 5.30. The van der Waals surface area contributed by atoms with Gasteiger partial charge < -0.3 is 10.1 Å². The molecule has 0 fully saturated rings. The summed E-state index contributed by atoms with van der Waals surface area (Å²) < 4.78 is 58.4. The van der Waals surface area contributed by atoms with E-state index in [4.69, 9.17) is 4.74 Å². The van der Waals surface area contributed by atoms with Crippen LogP contribution in [-0.4, -0.2) is 47.1 Å². The molecule has 3 aromatic rings. The molecule has 0 saturated carbocycles. The summed E-state index contributed by atoms with van der Waals surface area (Å²) in [6.07, 6.45) is 2.47. The van der Waals surface area contributed by atoms with Crippen molar-refractivity contribution in [2.75, 3.05) is 27.7 Å². The average molecular weight is 505 g/mol. The van der Waals surface area contributed by atoms with Crippen LogP contribution < -0.4 is 19.1 Å². The van der Waals surface area contributed by atoms with Gasteiger partial charge in [-0.25, -0.2) is 21.8 Å². The van der Waals surface area contributed by atoms with Gasteiger partial charge in [0.05, 0.1) is 23.9 Å². The predicted octanol–water partition coefficient (Wildman–Crippen LogP) is 2.68. The van der Waals surface area contributed by atoms with E-state index in [0.29, 0.717) is 17.1 Å². The first-order valence-corrected chi connectivity index (χ1v) is 13.3. The number of carbonyl (C=O) groups excluding carboxylic acids is 1. The number of methoxy groups -OCH3 is 1. The number of sulfonamides is 2. The van der Waals surface area contributed by atoms with E-state index >= 15 is 0 Å². The van der Waals surface area contributed by atoms with Gasteiger partial charge in [0.25, 0.3) is 10.0 Å². The largest absolute Gasteiger partial charge is 0.497 e. The fourth-order valence-electron chi connectivity index (χ4n) is 3.12. The number of aromatic nitrogens is 1. The van der Waals surface area contributed by atoms with E-state index in [1.54, 1.807) is 24.3 Å². The van der Waals surface area contributed by atoms with Crippen molar-refractivity contribution < 1.29 is 26.4 Å². The predicted molar refractivity (Wildman–Crippen MR) is 130 cm³/mol. The van der Waals surface area contributed by atoms with Gasteiger partial charge in [-0.1, -0.05) is 6.07 Å². The van der Waals surface area contributed by atoms with Gasteiger partial charge in [-0.15, -0.1) is 0 Å². The number of pyridine rings is 1. The topological polar surface area (TPSA) is 135 Å². The zero-order valence-electron chi connectivity index (χ0n) is 18.7. The van der Waals surface area contributed by atoms with Crippen LogP contribution in [0.3, 0.4) is 0 Å². The van der Waals surface area contributed by atoms with Crippen molar-refractivity contribution in [2.45, 2.75) is 17.9 Å². The standard InChI is InChI=1S/C22H24N4O6S2/c1-16(26(33(3,28)29)18-9-11-19(32-2)12-10-18)22(27)24-17-7-13-20(14-8-17)34(30,31)25-21-6-4-5-15-23-21/h4-16H,1-3H3,(H,23,25)(H,24,27). The van der Waals surface area contributed by atoms with Crippen LogP contribution in [-0.2, 0) is 24.8 Å². The number of rotatable bonds is 9. The van der Waals surface area contributed by atoms with Crippen molar-refractivity contribution in [3.63, 3.8) is 0 Å². The SMILES string of the molecule is COc1ccc(N(C(C)C(=O)Nc2ccc(S(=O)(=O)Nc3ccccn3)cc2)S(C)(=O)=O)cc1. The maximum absolute atomic E-state index is 12.8. The Morgan fingerprint density at radius 3 is 2.15 bits per heavy atom. The van der Waals surface area contributed by atoms with Gasteiger partial charge in [0.15, 0.2) is 0 Å². The molecule has 1 atom stereocenters. The van der Waals surface area contributed by atoms with E-state index in [2.05, 4.69) is 15.0 Å². The second kappa shape index (κ2) is 10.1. The average Bonchev–Trinajstić information content (AvgIpc) is 2.79. The van der Waals surface area contributed by atoms with Crippen molar-refractivity contribution >= 4 is 43.1 Å². The highest BCUT2D eigenvalue weighted by Gasteiger charge is 2.29. The molecule has 10 nitrogen and oxygen atoms in total. The smallest absolute Gasteiger partial charge is 0.263 e. The number of benzene rings is 2. The molecule has 180 valence electrons. The molecule has 1 heterocycles. The molecule has 12 heteroatoms. The summed E-state index contributed by atoms with van der Waals surface area (Å²) >= 11 is 0. The molecule has 0 spiro atoms. The van der Waals surface area contributed by atoms with Gasteiger partial charge in [-0.2, -0.15) is 0 Å². The molecule has 0 aliphatic heterocycles. The molecule has 1 unspecified atom stereocenters. The van der Waals surface area contributed by atoms with E-state index in [9.17, 15) is 21.6 Å². The zero-order valence-corrected chi connectivity index (χ0v) is 20.3. The quantitative estimate of drug-likeness (QED) is 0.457. The van der Waals surface area contributed by atoms with Gasteiger partial charge in [0.1, 0.15) is 17.6 Å². The Labute approximate surface area is 198 Å². The summed E-state index contributed by atoms with van der Waals surface area (Å²) in [5.74, 6) is 0.124. The Hall–Kier alpha value is -3.64. The molecule has 1 amide bonds. The number of hydrogen-bond donors (Lipinski definition) is 2. The third-order valence-electron chi connectivity index (χ3n) is 4.75. The normalized spacial score (nSPS) is 12.4. The van der Waals surface area contributed by atoms with Gasteiger partial charge in [0.2, 0.25) is 15.9 Å². The second-order valence-corrected chi connectivity index (χ2v) is 10.8. The summed E-state index contributed by atoms with van der Waals surface area (Å²) in [6.45, 7) is 1.45. The van der Waals surface area contributed by atoms with Gasteiger partial charge in [-0.05, 0) is 67.6 Å². The number of carbonyl (C=O) groups is 1. The molecule has 0 bridgehead atoms. The van der Waals surface area contributed by atoms with Crippen molar-refractivity contribution in [2.24, 2.45) is 0 Å². The number of nitrogens with zero attached hydrogens (tertiary/aromatic N) is 2. The number of amides is 1. The molecule has 2 N–H and O–H groups in total. The lowest BCUT2D eigenvalue weighted by molar-refractivity contribution is -0.116. The molecule has 0 saturated heterocycles. The Morgan fingerprint density at radius 2 is 1.62 bits per heavy atom. The molecular weight excluding hydrogens is 480 g/mol. The molecule has 3 rings (SSSR count). The Balaban J connectivity index is 1.75. The summed E-state index contributed by atoms with van der Waals surface area (Å²) in [4.78, 5) is 16.7. The van der Waals surface area contributed by atoms with Crippen LogP contribution in [0.2, 0.25) is 0 Å². The first-order chi connectivity index (χ1) is 16.0. The van der Waals surface area contributed by atoms with Crippen LogP contribution in [0.5, 0.6) is 5.75 Å². The lowest BCUT2D eigenvalue weighted by Crippen LogP contribution is -2.45. The Kier molecular flexibility index (Phi) is 7.42. The highest BCUT2D eigenvalue weighted by atomic mass is 32.2. The maximum atomic E-state index is 12.8. The number of anilines is 3. The number of hydrogen-bond acceptors (Lipinski definition) is 7. The van der Waals surface area contributed by atoms with E-state index < -0.39 is 32.0 Å². The van der Waals surface area contributed by atoms with E-state index in [-0.39, 0.29) is 10.7 Å². The number of nitrogens with one attached hydrogen (secondary N) is 2. The lowest BCUT2D eigenvalue weighted by atomic mass is 10.2. The Morgan fingerprint density at radius 1 is 0.971 bits per heavy atom. The minimum atomic E-state index is -3.87. The van der Waals surface area contributed by atoms with Crippen molar-refractivity contribution in [3.8, 4) is 5.75 Å². The van der Waals surface area contributed by atoms with Gasteiger partial charge in [-0.3, -0.25) is 13.8 Å². The number of ether oxygens (including phenoxy) is 1. The van der Waals surface area contributed by atoms with Crippen LogP contribution in [0.25, 0.3) is 0 Å². The molecule has 0 radical (unpaired) electrons. The lowest BCUT2D eigenvalue weighted by Gasteiger charge is -2.28. The van der Waals surface area contributed by atoms with E-state index in [1.165, 1.54) is 62.7 Å². The van der Waals surface area contributed by atoms with Crippen molar-refractivity contribution in [1.82, 2.24) is 4.98 Å². The van der Waals surface area contributed by atoms with Crippen LogP contribution in [0.4, 0.5) is 17.2 Å². The molecule has 2 aromatic carbocycles. The van der Waals surface area contributed by atoms with Crippen LogP contribution in [0.15, 0.2) is 77.8 Å². The highest BCUT2D eigenvalue weighted by molar-refractivity contribution is 7.92.